The maximum atomic E-state index is 5.86. The van der Waals surface area contributed by atoms with E-state index in [2.05, 4.69) is 32.2 Å². The van der Waals surface area contributed by atoms with Crippen LogP contribution in [0.1, 0.15) is 33.6 Å². The molecule has 3 unspecified atom stereocenters. The second-order valence-corrected chi connectivity index (χ2v) is 6.09. The lowest BCUT2D eigenvalue weighted by atomic mass is 9.61. The van der Waals surface area contributed by atoms with E-state index in [4.69, 9.17) is 14.2 Å². The summed E-state index contributed by atoms with van der Waals surface area (Å²) in [5, 5.41) is 3.64. The Morgan fingerprint density at radius 1 is 1.24 bits per heavy atom. The first-order valence-corrected chi connectivity index (χ1v) is 7.95. The average Bonchev–Trinajstić information content (AvgIpc) is 2.53. The normalized spacial score (nSPS) is 30.6. The molecule has 0 spiro atoms. The van der Waals surface area contributed by atoms with Gasteiger partial charge in [0.2, 0.25) is 0 Å². The highest BCUT2D eigenvalue weighted by molar-refractivity contribution is 5.56. The Morgan fingerprint density at radius 2 is 2.00 bits per heavy atom. The molecule has 1 aliphatic heterocycles. The first kappa shape index (κ1) is 14.5. The molecule has 1 fully saturated rings. The van der Waals surface area contributed by atoms with Gasteiger partial charge in [0.15, 0.2) is 11.5 Å². The number of benzene rings is 1. The highest BCUT2D eigenvalue weighted by Crippen LogP contribution is 2.47. The Labute approximate surface area is 126 Å². The van der Waals surface area contributed by atoms with E-state index < -0.39 is 0 Å². The summed E-state index contributed by atoms with van der Waals surface area (Å²) in [7, 11) is 0. The molecule has 2 aliphatic rings. The maximum Gasteiger partial charge on any atom is 0.163 e. The zero-order chi connectivity index (χ0) is 14.9. The second-order valence-electron chi connectivity index (χ2n) is 6.09. The third-order valence-electron chi connectivity index (χ3n) is 4.99. The van der Waals surface area contributed by atoms with Gasteiger partial charge in [0, 0.05) is 29.8 Å². The molecule has 1 aromatic rings. The van der Waals surface area contributed by atoms with Crippen LogP contribution in [-0.2, 0) is 4.74 Å². The molecule has 0 saturated heterocycles. The number of anilines is 1. The van der Waals surface area contributed by atoms with Gasteiger partial charge in [-0.3, -0.25) is 0 Å². The topological polar surface area (TPSA) is 39.7 Å². The zero-order valence-electron chi connectivity index (χ0n) is 13.1. The summed E-state index contributed by atoms with van der Waals surface area (Å²) in [6.45, 7) is 8.66. The average molecular weight is 291 g/mol. The van der Waals surface area contributed by atoms with Gasteiger partial charge in [-0.15, -0.1) is 0 Å². The zero-order valence-corrected chi connectivity index (χ0v) is 13.1. The quantitative estimate of drug-likeness (QED) is 0.902. The molecule has 4 nitrogen and oxygen atoms in total. The van der Waals surface area contributed by atoms with Crippen LogP contribution in [0.2, 0.25) is 0 Å². The lowest BCUT2D eigenvalue weighted by Crippen LogP contribution is -2.59. The molecular weight excluding hydrogens is 266 g/mol. The predicted octanol–water partition coefficient (Wildman–Crippen LogP) is 3.46. The summed E-state index contributed by atoms with van der Waals surface area (Å²) in [4.78, 5) is 0. The number of hydrogen-bond acceptors (Lipinski definition) is 4. The van der Waals surface area contributed by atoms with E-state index in [0.29, 0.717) is 25.4 Å². The Bertz CT molecular complexity index is 505. The summed E-state index contributed by atoms with van der Waals surface area (Å²) in [6.07, 6.45) is 2.54. The third-order valence-corrected chi connectivity index (χ3v) is 4.99. The van der Waals surface area contributed by atoms with Crippen molar-refractivity contribution < 1.29 is 14.2 Å². The van der Waals surface area contributed by atoms with Crippen LogP contribution in [-0.4, -0.2) is 32.0 Å². The second kappa shape index (κ2) is 5.76. The van der Waals surface area contributed by atoms with Crippen molar-refractivity contribution in [3.05, 3.63) is 18.2 Å². The third kappa shape index (κ3) is 2.57. The molecule has 0 bridgehead atoms. The van der Waals surface area contributed by atoms with E-state index in [9.17, 15) is 0 Å². The summed E-state index contributed by atoms with van der Waals surface area (Å²) in [6, 6.07) is 6.54. The van der Waals surface area contributed by atoms with E-state index in [1.807, 2.05) is 12.1 Å². The van der Waals surface area contributed by atoms with Gasteiger partial charge in [0.05, 0.1) is 6.10 Å². The van der Waals surface area contributed by atoms with Crippen molar-refractivity contribution in [1.82, 2.24) is 0 Å². The predicted molar refractivity (Wildman–Crippen MR) is 83.3 cm³/mol. The van der Waals surface area contributed by atoms with Crippen molar-refractivity contribution in [2.24, 2.45) is 5.41 Å². The molecule has 1 N–H and O–H groups in total. The first-order chi connectivity index (χ1) is 10.2. The maximum absolute atomic E-state index is 5.86. The molecular formula is C17H25NO3. The summed E-state index contributed by atoms with van der Waals surface area (Å²) in [5.74, 6) is 1.68. The number of rotatable bonds is 5. The van der Waals surface area contributed by atoms with E-state index in [1.54, 1.807) is 0 Å². The van der Waals surface area contributed by atoms with Crippen molar-refractivity contribution in [1.29, 1.82) is 0 Å². The minimum absolute atomic E-state index is 0.198. The number of ether oxygens (including phenoxy) is 3. The van der Waals surface area contributed by atoms with Gasteiger partial charge in [-0.05, 0) is 31.9 Å². The van der Waals surface area contributed by atoms with Crippen LogP contribution in [0.15, 0.2) is 18.2 Å². The Morgan fingerprint density at radius 3 is 2.71 bits per heavy atom. The molecule has 0 amide bonds. The van der Waals surface area contributed by atoms with Gasteiger partial charge in [-0.25, -0.2) is 0 Å². The first-order valence-electron chi connectivity index (χ1n) is 7.95. The van der Waals surface area contributed by atoms with Gasteiger partial charge < -0.3 is 19.5 Å². The standard InChI is InChI=1S/C17H25NO3/c1-4-17(3)15(11-16(17)19-5-2)18-12-6-7-13-14(10-12)21-9-8-20-13/h6-7,10,15-16,18H,4-5,8-9,11H2,1-3H3. The molecule has 4 heteroatoms. The van der Waals surface area contributed by atoms with Crippen LogP contribution < -0.4 is 14.8 Å². The SMILES string of the molecule is CCOC1CC(Nc2ccc3c(c2)OCCO3)C1(C)CC. The van der Waals surface area contributed by atoms with Gasteiger partial charge >= 0.3 is 0 Å². The smallest absolute Gasteiger partial charge is 0.163 e. The Hall–Kier alpha value is -1.42. The van der Waals surface area contributed by atoms with Crippen molar-refractivity contribution in [3.63, 3.8) is 0 Å². The van der Waals surface area contributed by atoms with E-state index >= 15 is 0 Å². The van der Waals surface area contributed by atoms with E-state index in [1.165, 1.54) is 0 Å². The van der Waals surface area contributed by atoms with Crippen LogP contribution in [0.25, 0.3) is 0 Å². The molecule has 0 aromatic heterocycles. The lowest BCUT2D eigenvalue weighted by molar-refractivity contribution is -0.109. The number of hydrogen-bond donors (Lipinski definition) is 1. The molecule has 116 valence electrons. The molecule has 1 aliphatic carbocycles. The van der Waals surface area contributed by atoms with Crippen LogP contribution in [0.4, 0.5) is 5.69 Å². The summed E-state index contributed by atoms with van der Waals surface area (Å²) in [5.41, 5.74) is 1.29. The largest absolute Gasteiger partial charge is 0.486 e. The highest BCUT2D eigenvalue weighted by Gasteiger charge is 2.51. The fourth-order valence-electron chi connectivity index (χ4n) is 3.31. The minimum Gasteiger partial charge on any atom is -0.486 e. The Balaban J connectivity index is 1.69. The number of nitrogens with one attached hydrogen (secondary N) is 1. The van der Waals surface area contributed by atoms with Crippen LogP contribution in [0, 0.1) is 5.41 Å². The molecule has 1 saturated carbocycles. The molecule has 3 rings (SSSR count). The molecule has 1 aromatic carbocycles. The van der Waals surface area contributed by atoms with Gasteiger partial charge in [-0.2, -0.15) is 0 Å². The molecule has 21 heavy (non-hydrogen) atoms. The molecule has 1 heterocycles. The molecule has 0 radical (unpaired) electrons. The summed E-state index contributed by atoms with van der Waals surface area (Å²) >= 11 is 0. The van der Waals surface area contributed by atoms with Crippen molar-refractivity contribution >= 4 is 5.69 Å². The lowest BCUT2D eigenvalue weighted by Gasteiger charge is -2.54. The van der Waals surface area contributed by atoms with Crippen LogP contribution in [0.3, 0.4) is 0 Å². The van der Waals surface area contributed by atoms with Gasteiger partial charge in [-0.1, -0.05) is 13.8 Å². The van der Waals surface area contributed by atoms with Crippen LogP contribution in [0.5, 0.6) is 11.5 Å². The monoisotopic (exact) mass is 291 g/mol. The highest BCUT2D eigenvalue weighted by atomic mass is 16.6. The van der Waals surface area contributed by atoms with E-state index in [-0.39, 0.29) is 5.41 Å². The molecule has 3 atom stereocenters. The van der Waals surface area contributed by atoms with Crippen molar-refractivity contribution in [2.45, 2.75) is 45.8 Å². The van der Waals surface area contributed by atoms with Crippen molar-refractivity contribution in [3.8, 4) is 11.5 Å². The van der Waals surface area contributed by atoms with Gasteiger partial charge in [0.25, 0.3) is 0 Å². The van der Waals surface area contributed by atoms with Gasteiger partial charge in [0.1, 0.15) is 13.2 Å². The number of fused-ring (bicyclic) bond motifs is 1. The minimum atomic E-state index is 0.198. The van der Waals surface area contributed by atoms with E-state index in [0.717, 1.165) is 36.6 Å². The summed E-state index contributed by atoms with van der Waals surface area (Å²) < 4.78 is 17.1. The van der Waals surface area contributed by atoms with Crippen LogP contribution >= 0.6 is 0 Å². The van der Waals surface area contributed by atoms with Crippen molar-refractivity contribution in [2.75, 3.05) is 25.1 Å². The fourth-order valence-corrected chi connectivity index (χ4v) is 3.31. The Kier molecular flexibility index (Phi) is 3.98. The fraction of sp³-hybridized carbons (Fsp3) is 0.647.